The highest BCUT2D eigenvalue weighted by Gasteiger charge is 2.11. The lowest BCUT2D eigenvalue weighted by Crippen LogP contribution is -1.95. The van der Waals surface area contributed by atoms with Gasteiger partial charge >= 0.3 is 0 Å². The van der Waals surface area contributed by atoms with Gasteiger partial charge in [-0.3, -0.25) is 0 Å². The minimum atomic E-state index is 0.473. The zero-order chi connectivity index (χ0) is 18.8. The average molecular weight is 358 g/mol. The second-order valence-corrected chi connectivity index (χ2v) is 6.78. The maximum atomic E-state index is 5.29. The van der Waals surface area contributed by atoms with E-state index in [1.165, 1.54) is 5.56 Å². The maximum absolute atomic E-state index is 5.29. The van der Waals surface area contributed by atoms with Crippen molar-refractivity contribution in [2.45, 2.75) is 19.8 Å². The number of methoxy groups -OCH3 is 1. The number of anilines is 2. The van der Waals surface area contributed by atoms with Crippen LogP contribution in [0.2, 0.25) is 0 Å². The molecular formula is C22H22N4O. The van der Waals surface area contributed by atoms with E-state index in [1.807, 2.05) is 30.3 Å². The SMILES string of the molecule is COc1cccc(Nc2nccc3[nH]c(-c4cccc(C(C)C)c4)nc23)c1. The van der Waals surface area contributed by atoms with Gasteiger partial charge in [-0.25, -0.2) is 9.97 Å². The summed E-state index contributed by atoms with van der Waals surface area (Å²) in [6.07, 6.45) is 1.78. The van der Waals surface area contributed by atoms with E-state index in [-0.39, 0.29) is 0 Å². The maximum Gasteiger partial charge on any atom is 0.158 e. The highest BCUT2D eigenvalue weighted by molar-refractivity contribution is 5.90. The molecular weight excluding hydrogens is 336 g/mol. The number of fused-ring (bicyclic) bond motifs is 1. The summed E-state index contributed by atoms with van der Waals surface area (Å²) in [5, 5.41) is 3.34. The van der Waals surface area contributed by atoms with Gasteiger partial charge in [-0.1, -0.05) is 38.1 Å². The first-order chi connectivity index (χ1) is 13.1. The number of hydrogen-bond donors (Lipinski definition) is 2. The Hall–Kier alpha value is -3.34. The number of rotatable bonds is 5. The Morgan fingerprint density at radius 3 is 2.70 bits per heavy atom. The van der Waals surface area contributed by atoms with Crippen LogP contribution in [-0.2, 0) is 0 Å². The Kier molecular flexibility index (Phi) is 4.50. The largest absolute Gasteiger partial charge is 0.497 e. The van der Waals surface area contributed by atoms with E-state index in [1.54, 1.807) is 13.3 Å². The van der Waals surface area contributed by atoms with Crippen LogP contribution in [0.5, 0.6) is 5.75 Å². The molecule has 2 heterocycles. The molecule has 2 N–H and O–H groups in total. The summed E-state index contributed by atoms with van der Waals surface area (Å²) in [5.74, 6) is 2.82. The molecule has 4 rings (SSSR count). The van der Waals surface area contributed by atoms with Crippen LogP contribution in [0.1, 0.15) is 25.3 Å². The molecule has 5 heteroatoms. The molecule has 0 aliphatic rings. The number of pyridine rings is 1. The Morgan fingerprint density at radius 2 is 1.89 bits per heavy atom. The fraction of sp³-hybridized carbons (Fsp3) is 0.182. The van der Waals surface area contributed by atoms with Crippen molar-refractivity contribution in [1.29, 1.82) is 0 Å². The van der Waals surface area contributed by atoms with Crippen LogP contribution in [-0.4, -0.2) is 22.1 Å². The fourth-order valence-corrected chi connectivity index (χ4v) is 3.05. The first kappa shape index (κ1) is 17.1. The van der Waals surface area contributed by atoms with Gasteiger partial charge in [0.1, 0.15) is 17.1 Å². The predicted octanol–water partition coefficient (Wildman–Crippen LogP) is 5.50. The Morgan fingerprint density at radius 1 is 1.04 bits per heavy atom. The lowest BCUT2D eigenvalue weighted by molar-refractivity contribution is 0.415. The topological polar surface area (TPSA) is 62.8 Å². The standard InChI is InChI=1S/C22H22N4O/c1-14(2)15-6-4-7-16(12-15)21-25-19-10-11-23-22(20(19)26-21)24-17-8-5-9-18(13-17)27-3/h4-14H,1-3H3,(H,23,24)(H,25,26). The summed E-state index contributed by atoms with van der Waals surface area (Å²) in [6, 6.07) is 18.2. The average Bonchev–Trinajstić information content (AvgIpc) is 3.14. The summed E-state index contributed by atoms with van der Waals surface area (Å²) in [4.78, 5) is 12.7. The first-order valence-corrected chi connectivity index (χ1v) is 9.00. The van der Waals surface area contributed by atoms with Gasteiger partial charge in [0.05, 0.1) is 12.6 Å². The molecule has 0 unspecified atom stereocenters. The Bertz CT molecular complexity index is 1080. The molecule has 136 valence electrons. The molecule has 0 aliphatic heterocycles. The molecule has 5 nitrogen and oxygen atoms in total. The van der Waals surface area contributed by atoms with Crippen LogP contribution in [0.4, 0.5) is 11.5 Å². The van der Waals surface area contributed by atoms with Crippen molar-refractivity contribution in [2.75, 3.05) is 12.4 Å². The third-order valence-electron chi connectivity index (χ3n) is 4.56. The molecule has 2 aromatic carbocycles. The molecule has 2 aromatic heterocycles. The van der Waals surface area contributed by atoms with Gasteiger partial charge in [0, 0.05) is 23.5 Å². The van der Waals surface area contributed by atoms with Crippen LogP contribution in [0.15, 0.2) is 60.8 Å². The number of ether oxygens (including phenoxy) is 1. The molecule has 0 fully saturated rings. The van der Waals surface area contributed by atoms with Crippen molar-refractivity contribution in [3.63, 3.8) is 0 Å². The van der Waals surface area contributed by atoms with Crippen LogP contribution in [0.3, 0.4) is 0 Å². The molecule has 0 amide bonds. The molecule has 0 atom stereocenters. The van der Waals surface area contributed by atoms with Crippen molar-refractivity contribution < 1.29 is 4.74 Å². The van der Waals surface area contributed by atoms with Crippen LogP contribution < -0.4 is 10.1 Å². The van der Waals surface area contributed by atoms with Gasteiger partial charge in [-0.05, 0) is 35.7 Å². The molecule has 27 heavy (non-hydrogen) atoms. The highest BCUT2D eigenvalue weighted by Crippen LogP contribution is 2.28. The number of benzene rings is 2. The van der Waals surface area contributed by atoms with Gasteiger partial charge in [0.15, 0.2) is 5.82 Å². The Balaban J connectivity index is 1.73. The molecule has 0 saturated heterocycles. The molecule has 0 saturated carbocycles. The van der Waals surface area contributed by atoms with E-state index in [0.29, 0.717) is 11.7 Å². The molecule has 4 aromatic rings. The van der Waals surface area contributed by atoms with Crippen molar-refractivity contribution in [3.05, 3.63) is 66.4 Å². The third kappa shape index (κ3) is 3.49. The number of H-pyrrole nitrogens is 1. The number of aromatic amines is 1. The van der Waals surface area contributed by atoms with E-state index in [0.717, 1.165) is 33.9 Å². The van der Waals surface area contributed by atoms with Crippen LogP contribution in [0, 0.1) is 0 Å². The van der Waals surface area contributed by atoms with Crippen LogP contribution in [0.25, 0.3) is 22.4 Å². The molecule has 0 spiro atoms. The van der Waals surface area contributed by atoms with Crippen molar-refractivity contribution in [1.82, 2.24) is 15.0 Å². The lowest BCUT2D eigenvalue weighted by Gasteiger charge is -2.07. The van der Waals surface area contributed by atoms with E-state index in [2.05, 4.69) is 53.4 Å². The van der Waals surface area contributed by atoms with E-state index in [9.17, 15) is 0 Å². The summed E-state index contributed by atoms with van der Waals surface area (Å²) in [5.41, 5.74) is 5.02. The van der Waals surface area contributed by atoms with Crippen molar-refractivity contribution in [3.8, 4) is 17.1 Å². The number of nitrogens with one attached hydrogen (secondary N) is 2. The molecule has 0 aliphatic carbocycles. The second kappa shape index (κ2) is 7.11. The highest BCUT2D eigenvalue weighted by atomic mass is 16.5. The van der Waals surface area contributed by atoms with Crippen molar-refractivity contribution >= 4 is 22.5 Å². The second-order valence-electron chi connectivity index (χ2n) is 6.78. The summed E-state index contributed by atoms with van der Waals surface area (Å²) >= 11 is 0. The third-order valence-corrected chi connectivity index (χ3v) is 4.56. The number of hydrogen-bond acceptors (Lipinski definition) is 4. The molecule has 0 bridgehead atoms. The van der Waals surface area contributed by atoms with Gasteiger partial charge in [-0.15, -0.1) is 0 Å². The summed E-state index contributed by atoms with van der Waals surface area (Å²) in [6.45, 7) is 4.38. The summed E-state index contributed by atoms with van der Waals surface area (Å²) in [7, 11) is 1.66. The van der Waals surface area contributed by atoms with Crippen molar-refractivity contribution in [2.24, 2.45) is 0 Å². The zero-order valence-corrected chi connectivity index (χ0v) is 15.7. The number of aromatic nitrogens is 3. The van der Waals surface area contributed by atoms with E-state index in [4.69, 9.17) is 9.72 Å². The van der Waals surface area contributed by atoms with E-state index < -0.39 is 0 Å². The quantitative estimate of drug-likeness (QED) is 0.494. The van der Waals surface area contributed by atoms with Crippen LogP contribution >= 0.6 is 0 Å². The van der Waals surface area contributed by atoms with E-state index >= 15 is 0 Å². The number of nitrogens with zero attached hydrogens (tertiary/aromatic N) is 2. The monoisotopic (exact) mass is 358 g/mol. The normalized spacial score (nSPS) is 11.1. The Labute approximate surface area is 158 Å². The lowest BCUT2D eigenvalue weighted by atomic mass is 10.0. The number of imidazole rings is 1. The zero-order valence-electron chi connectivity index (χ0n) is 15.7. The smallest absolute Gasteiger partial charge is 0.158 e. The summed E-state index contributed by atoms with van der Waals surface area (Å²) < 4.78 is 5.29. The predicted molar refractivity (Wildman–Crippen MR) is 110 cm³/mol. The van der Waals surface area contributed by atoms with Gasteiger partial charge < -0.3 is 15.0 Å². The fourth-order valence-electron chi connectivity index (χ4n) is 3.05. The first-order valence-electron chi connectivity index (χ1n) is 9.00. The minimum absolute atomic E-state index is 0.473. The van der Waals surface area contributed by atoms with Gasteiger partial charge in [-0.2, -0.15) is 0 Å². The van der Waals surface area contributed by atoms with Gasteiger partial charge in [0.2, 0.25) is 0 Å². The minimum Gasteiger partial charge on any atom is -0.497 e. The molecule has 0 radical (unpaired) electrons. The van der Waals surface area contributed by atoms with Gasteiger partial charge in [0.25, 0.3) is 0 Å².